The van der Waals surface area contributed by atoms with Crippen LogP contribution in [0.2, 0.25) is 10.0 Å². The second-order valence-corrected chi connectivity index (χ2v) is 4.66. The summed E-state index contributed by atoms with van der Waals surface area (Å²) in [5.41, 5.74) is 2.11. The first-order valence-electron chi connectivity index (χ1n) is 5.29. The molecular weight excluding hydrogens is 257 g/mol. The number of rotatable bonds is 4. The van der Waals surface area contributed by atoms with Crippen molar-refractivity contribution in [3.8, 4) is 0 Å². The molecule has 2 aromatic rings. The topological polar surface area (TPSA) is 29.9 Å². The van der Waals surface area contributed by atoms with Crippen LogP contribution >= 0.6 is 23.2 Å². The van der Waals surface area contributed by atoms with E-state index in [1.807, 2.05) is 30.2 Å². The molecule has 0 amide bonds. The molecule has 0 atom stereocenters. The number of halogens is 2. The summed E-state index contributed by atoms with van der Waals surface area (Å²) < 4.78 is 1.85. The molecule has 0 radical (unpaired) electrons. The first kappa shape index (κ1) is 12.4. The van der Waals surface area contributed by atoms with E-state index in [1.54, 1.807) is 12.1 Å². The Hall–Kier alpha value is -1.03. The molecule has 0 aliphatic carbocycles. The molecule has 0 aliphatic rings. The van der Waals surface area contributed by atoms with Crippen molar-refractivity contribution in [3.63, 3.8) is 0 Å². The van der Waals surface area contributed by atoms with Crippen LogP contribution in [0.3, 0.4) is 0 Å². The highest BCUT2D eigenvalue weighted by Gasteiger charge is 2.04. The minimum Gasteiger partial charge on any atom is -0.316 e. The first-order chi connectivity index (χ1) is 8.19. The van der Waals surface area contributed by atoms with Gasteiger partial charge in [0.1, 0.15) is 0 Å². The number of benzene rings is 1. The van der Waals surface area contributed by atoms with E-state index in [1.165, 1.54) is 0 Å². The quantitative estimate of drug-likeness (QED) is 0.925. The van der Waals surface area contributed by atoms with Crippen molar-refractivity contribution < 1.29 is 0 Å². The Balaban J connectivity index is 2.16. The van der Waals surface area contributed by atoms with Crippen LogP contribution in [0.1, 0.15) is 11.1 Å². The Morgan fingerprint density at radius 3 is 2.94 bits per heavy atom. The molecule has 1 aromatic carbocycles. The average molecular weight is 270 g/mol. The summed E-state index contributed by atoms with van der Waals surface area (Å²) in [5.74, 6) is 0. The van der Waals surface area contributed by atoms with Crippen LogP contribution in [-0.2, 0) is 13.1 Å². The molecule has 1 heterocycles. The third-order valence-electron chi connectivity index (χ3n) is 2.41. The fraction of sp³-hybridized carbons (Fsp3) is 0.250. The molecule has 1 N–H and O–H groups in total. The van der Waals surface area contributed by atoms with Crippen molar-refractivity contribution in [3.05, 3.63) is 51.8 Å². The number of hydrogen-bond donors (Lipinski definition) is 1. The number of nitrogens with zero attached hydrogens (tertiary/aromatic N) is 2. The van der Waals surface area contributed by atoms with Crippen LogP contribution in [-0.4, -0.2) is 16.8 Å². The fourth-order valence-electron chi connectivity index (χ4n) is 1.63. The zero-order valence-electron chi connectivity index (χ0n) is 9.45. The third kappa shape index (κ3) is 3.22. The van der Waals surface area contributed by atoms with E-state index in [-0.39, 0.29) is 0 Å². The molecule has 0 unspecified atom stereocenters. The van der Waals surface area contributed by atoms with Gasteiger partial charge in [-0.05, 0) is 30.8 Å². The molecule has 90 valence electrons. The molecular formula is C12H13Cl2N3. The second-order valence-electron chi connectivity index (χ2n) is 3.81. The van der Waals surface area contributed by atoms with Gasteiger partial charge in [-0.1, -0.05) is 23.2 Å². The molecule has 17 heavy (non-hydrogen) atoms. The van der Waals surface area contributed by atoms with Crippen molar-refractivity contribution in [2.75, 3.05) is 7.05 Å². The Morgan fingerprint density at radius 2 is 2.18 bits per heavy atom. The molecule has 0 fully saturated rings. The van der Waals surface area contributed by atoms with Gasteiger partial charge in [0.05, 0.1) is 12.7 Å². The van der Waals surface area contributed by atoms with Crippen molar-refractivity contribution in [1.29, 1.82) is 0 Å². The normalized spacial score (nSPS) is 10.8. The molecule has 0 saturated heterocycles. The third-order valence-corrected chi connectivity index (χ3v) is 3.01. The van der Waals surface area contributed by atoms with E-state index >= 15 is 0 Å². The smallest absolute Gasteiger partial charge is 0.0674 e. The predicted octanol–water partition coefficient (Wildman–Crippen LogP) is 2.96. The lowest BCUT2D eigenvalue weighted by molar-refractivity contribution is 0.685. The van der Waals surface area contributed by atoms with E-state index in [2.05, 4.69) is 10.4 Å². The number of hydrogen-bond acceptors (Lipinski definition) is 2. The van der Waals surface area contributed by atoms with Crippen LogP contribution in [0.25, 0.3) is 0 Å². The summed E-state index contributed by atoms with van der Waals surface area (Å²) in [5, 5.41) is 8.75. The maximum Gasteiger partial charge on any atom is 0.0674 e. The fourth-order valence-corrected chi connectivity index (χ4v) is 2.00. The average Bonchev–Trinajstić information content (AvgIpc) is 2.72. The van der Waals surface area contributed by atoms with E-state index in [4.69, 9.17) is 23.2 Å². The SMILES string of the molecule is CNCc1cnn(Cc2cc(Cl)ccc2Cl)c1. The Morgan fingerprint density at radius 1 is 1.35 bits per heavy atom. The first-order valence-corrected chi connectivity index (χ1v) is 6.04. The molecule has 0 spiro atoms. The second kappa shape index (κ2) is 5.54. The lowest BCUT2D eigenvalue weighted by atomic mass is 10.2. The van der Waals surface area contributed by atoms with Gasteiger partial charge >= 0.3 is 0 Å². The van der Waals surface area contributed by atoms with Gasteiger partial charge in [0, 0.05) is 28.4 Å². The summed E-state index contributed by atoms with van der Waals surface area (Å²) in [4.78, 5) is 0. The van der Waals surface area contributed by atoms with Crippen molar-refractivity contribution in [2.24, 2.45) is 0 Å². The summed E-state index contributed by atoms with van der Waals surface area (Å²) in [6.07, 6.45) is 3.84. The van der Waals surface area contributed by atoms with Crippen LogP contribution in [0.5, 0.6) is 0 Å². The van der Waals surface area contributed by atoms with Gasteiger partial charge in [-0.2, -0.15) is 5.10 Å². The van der Waals surface area contributed by atoms with Gasteiger partial charge in [-0.25, -0.2) is 0 Å². The minimum atomic E-state index is 0.628. The van der Waals surface area contributed by atoms with Gasteiger partial charge in [0.25, 0.3) is 0 Å². The summed E-state index contributed by atoms with van der Waals surface area (Å²) in [6.45, 7) is 1.44. The van der Waals surface area contributed by atoms with Gasteiger partial charge in [-0.3, -0.25) is 4.68 Å². The van der Waals surface area contributed by atoms with Gasteiger partial charge < -0.3 is 5.32 Å². The molecule has 0 saturated carbocycles. The molecule has 5 heteroatoms. The van der Waals surface area contributed by atoms with Crippen LogP contribution in [0.4, 0.5) is 0 Å². The van der Waals surface area contributed by atoms with E-state index < -0.39 is 0 Å². The summed E-state index contributed by atoms with van der Waals surface area (Å²) in [6, 6.07) is 5.45. The molecule has 0 aliphatic heterocycles. The van der Waals surface area contributed by atoms with Crippen molar-refractivity contribution in [2.45, 2.75) is 13.1 Å². The van der Waals surface area contributed by atoms with E-state index in [9.17, 15) is 0 Å². The molecule has 0 bridgehead atoms. The number of aromatic nitrogens is 2. The molecule has 2 rings (SSSR count). The summed E-state index contributed by atoms with van der Waals surface area (Å²) in [7, 11) is 1.91. The Labute approximate surface area is 110 Å². The van der Waals surface area contributed by atoms with Crippen LogP contribution < -0.4 is 5.32 Å². The zero-order valence-corrected chi connectivity index (χ0v) is 11.0. The lowest BCUT2D eigenvalue weighted by Crippen LogP contribution is -2.04. The Bertz CT molecular complexity index is 508. The maximum absolute atomic E-state index is 6.10. The highest BCUT2D eigenvalue weighted by molar-refractivity contribution is 6.33. The molecule has 3 nitrogen and oxygen atoms in total. The predicted molar refractivity (Wildman–Crippen MR) is 70.6 cm³/mol. The highest BCUT2D eigenvalue weighted by atomic mass is 35.5. The lowest BCUT2D eigenvalue weighted by Gasteiger charge is -2.05. The zero-order chi connectivity index (χ0) is 12.3. The number of nitrogens with one attached hydrogen (secondary N) is 1. The van der Waals surface area contributed by atoms with Crippen molar-refractivity contribution >= 4 is 23.2 Å². The monoisotopic (exact) mass is 269 g/mol. The van der Waals surface area contributed by atoms with E-state index in [0.717, 1.165) is 17.7 Å². The van der Waals surface area contributed by atoms with E-state index in [0.29, 0.717) is 16.6 Å². The maximum atomic E-state index is 6.10. The van der Waals surface area contributed by atoms with Crippen LogP contribution in [0.15, 0.2) is 30.6 Å². The highest BCUT2D eigenvalue weighted by Crippen LogP contribution is 2.21. The summed E-state index contributed by atoms with van der Waals surface area (Å²) >= 11 is 12.0. The van der Waals surface area contributed by atoms with Gasteiger partial charge in [0.2, 0.25) is 0 Å². The van der Waals surface area contributed by atoms with Gasteiger partial charge in [0.15, 0.2) is 0 Å². The van der Waals surface area contributed by atoms with Gasteiger partial charge in [-0.15, -0.1) is 0 Å². The molecule has 1 aromatic heterocycles. The van der Waals surface area contributed by atoms with Crippen molar-refractivity contribution in [1.82, 2.24) is 15.1 Å². The largest absolute Gasteiger partial charge is 0.316 e. The van der Waals surface area contributed by atoms with Crippen LogP contribution in [0, 0.1) is 0 Å². The minimum absolute atomic E-state index is 0.628. The standard InChI is InChI=1S/C12H13Cl2N3/c1-15-5-9-6-16-17(7-9)8-10-4-11(13)2-3-12(10)14/h2-4,6-7,15H,5,8H2,1H3. The Kier molecular flexibility index (Phi) is 4.05.